The van der Waals surface area contributed by atoms with Gasteiger partial charge < -0.3 is 4.74 Å². The predicted octanol–water partition coefficient (Wildman–Crippen LogP) is 1.31. The molecule has 4 nitrogen and oxygen atoms in total. The minimum absolute atomic E-state index is 0.0369. The van der Waals surface area contributed by atoms with Crippen LogP contribution in [0, 0.1) is 0 Å². The Hall–Kier alpha value is -1.55. The summed E-state index contributed by atoms with van der Waals surface area (Å²) in [5.41, 5.74) is 3.28. The van der Waals surface area contributed by atoms with Crippen LogP contribution < -0.4 is 10.2 Å². The second kappa shape index (κ2) is 6.03. The van der Waals surface area contributed by atoms with Crippen molar-refractivity contribution >= 4 is 5.91 Å². The summed E-state index contributed by atoms with van der Waals surface area (Å²) in [6.07, 6.45) is 0.877. The van der Waals surface area contributed by atoms with Gasteiger partial charge in [0.05, 0.1) is 7.11 Å². The van der Waals surface area contributed by atoms with Gasteiger partial charge in [0.15, 0.2) is 6.61 Å². The fourth-order valence-electron chi connectivity index (χ4n) is 1.22. The maximum atomic E-state index is 11.1. The van der Waals surface area contributed by atoms with E-state index in [2.05, 4.69) is 10.3 Å². The first kappa shape index (κ1) is 11.5. The molecule has 1 rings (SSSR count). The van der Waals surface area contributed by atoms with E-state index in [1.54, 1.807) is 0 Å². The molecule has 0 unspecified atom stereocenters. The second-order valence-corrected chi connectivity index (χ2v) is 2.98. The molecule has 15 heavy (non-hydrogen) atoms. The fourth-order valence-corrected chi connectivity index (χ4v) is 1.22. The number of carbonyl (C=O) groups is 1. The molecular formula is C11H15NO3. The van der Waals surface area contributed by atoms with Crippen molar-refractivity contribution in [1.29, 1.82) is 0 Å². The van der Waals surface area contributed by atoms with Crippen molar-refractivity contribution in [3.05, 3.63) is 29.8 Å². The van der Waals surface area contributed by atoms with Gasteiger partial charge in [0.1, 0.15) is 5.75 Å². The molecule has 0 aliphatic carbocycles. The Labute approximate surface area is 89.1 Å². The quantitative estimate of drug-likeness (QED) is 0.744. The molecule has 0 aromatic heterocycles. The number of aryl methyl sites for hydroxylation is 1. The Balaban J connectivity index is 2.53. The number of hydrogen-bond donors (Lipinski definition) is 1. The van der Waals surface area contributed by atoms with E-state index >= 15 is 0 Å². The van der Waals surface area contributed by atoms with Gasteiger partial charge in [-0.2, -0.15) is 0 Å². The van der Waals surface area contributed by atoms with Crippen molar-refractivity contribution in [2.75, 3.05) is 13.7 Å². The van der Waals surface area contributed by atoms with Gasteiger partial charge in [0.2, 0.25) is 0 Å². The van der Waals surface area contributed by atoms with E-state index in [1.165, 1.54) is 7.11 Å². The van der Waals surface area contributed by atoms with Crippen molar-refractivity contribution in [2.24, 2.45) is 0 Å². The standard InChI is InChI=1S/C11H15NO3/c1-3-9-6-4-5-7-10(9)15-8-11(13)12-14-2/h4-7H,3,8H2,1-2H3,(H,12,13). The van der Waals surface area contributed by atoms with Crippen LogP contribution >= 0.6 is 0 Å². The van der Waals surface area contributed by atoms with Gasteiger partial charge in [-0.05, 0) is 18.1 Å². The highest BCUT2D eigenvalue weighted by atomic mass is 16.6. The minimum Gasteiger partial charge on any atom is -0.483 e. The van der Waals surface area contributed by atoms with Crippen LogP contribution in [0.4, 0.5) is 0 Å². The van der Waals surface area contributed by atoms with E-state index < -0.39 is 0 Å². The first-order chi connectivity index (χ1) is 7.27. The molecule has 0 radical (unpaired) electrons. The van der Waals surface area contributed by atoms with Gasteiger partial charge in [-0.1, -0.05) is 25.1 Å². The number of rotatable bonds is 5. The van der Waals surface area contributed by atoms with E-state index in [0.717, 1.165) is 17.7 Å². The van der Waals surface area contributed by atoms with E-state index in [4.69, 9.17) is 4.74 Å². The summed E-state index contributed by atoms with van der Waals surface area (Å²) in [4.78, 5) is 15.5. The highest BCUT2D eigenvalue weighted by molar-refractivity contribution is 5.76. The monoisotopic (exact) mass is 209 g/mol. The lowest BCUT2D eigenvalue weighted by Gasteiger charge is -2.09. The largest absolute Gasteiger partial charge is 0.483 e. The molecule has 1 N–H and O–H groups in total. The zero-order chi connectivity index (χ0) is 11.1. The SMILES string of the molecule is CCc1ccccc1OCC(=O)NOC. The highest BCUT2D eigenvalue weighted by Gasteiger charge is 2.04. The van der Waals surface area contributed by atoms with Gasteiger partial charge >= 0.3 is 0 Å². The number of hydrogen-bond acceptors (Lipinski definition) is 3. The third-order valence-electron chi connectivity index (χ3n) is 1.93. The average molecular weight is 209 g/mol. The second-order valence-electron chi connectivity index (χ2n) is 2.98. The molecule has 0 aliphatic rings. The molecule has 0 saturated carbocycles. The summed E-state index contributed by atoms with van der Waals surface area (Å²) >= 11 is 0. The molecule has 0 spiro atoms. The van der Waals surface area contributed by atoms with Gasteiger partial charge in [-0.3, -0.25) is 9.63 Å². The van der Waals surface area contributed by atoms with Crippen LogP contribution in [0.5, 0.6) is 5.75 Å². The molecule has 0 fully saturated rings. The van der Waals surface area contributed by atoms with Crippen molar-refractivity contribution in [3.63, 3.8) is 0 Å². The summed E-state index contributed by atoms with van der Waals surface area (Å²) in [6.45, 7) is 2.00. The fraction of sp³-hybridized carbons (Fsp3) is 0.364. The first-order valence-corrected chi connectivity index (χ1v) is 4.80. The molecular weight excluding hydrogens is 194 g/mol. The number of para-hydroxylation sites is 1. The van der Waals surface area contributed by atoms with Gasteiger partial charge in [-0.25, -0.2) is 5.48 Å². The Kier molecular flexibility index (Phi) is 4.63. The summed E-state index contributed by atoms with van der Waals surface area (Å²) in [5.74, 6) is 0.439. The molecule has 82 valence electrons. The van der Waals surface area contributed by atoms with Crippen LogP contribution in [0.25, 0.3) is 0 Å². The van der Waals surface area contributed by atoms with Crippen LogP contribution in [-0.2, 0) is 16.1 Å². The topological polar surface area (TPSA) is 47.6 Å². The van der Waals surface area contributed by atoms with Crippen molar-refractivity contribution < 1.29 is 14.4 Å². The molecule has 1 aromatic carbocycles. The smallest absolute Gasteiger partial charge is 0.281 e. The first-order valence-electron chi connectivity index (χ1n) is 4.80. The molecule has 0 bridgehead atoms. The number of amides is 1. The summed E-state index contributed by atoms with van der Waals surface area (Å²) in [6, 6.07) is 7.64. The Morgan fingerprint density at radius 3 is 2.80 bits per heavy atom. The molecule has 1 amide bonds. The predicted molar refractivity (Wildman–Crippen MR) is 56.5 cm³/mol. The maximum absolute atomic E-state index is 11.1. The molecule has 1 aromatic rings. The van der Waals surface area contributed by atoms with Crippen molar-refractivity contribution in [3.8, 4) is 5.75 Å². The third-order valence-corrected chi connectivity index (χ3v) is 1.93. The van der Waals surface area contributed by atoms with Crippen LogP contribution in [0.15, 0.2) is 24.3 Å². The van der Waals surface area contributed by atoms with Crippen LogP contribution in [-0.4, -0.2) is 19.6 Å². The van der Waals surface area contributed by atoms with E-state index in [9.17, 15) is 4.79 Å². The van der Waals surface area contributed by atoms with Gasteiger partial charge in [0.25, 0.3) is 5.91 Å². The number of nitrogens with one attached hydrogen (secondary N) is 1. The van der Waals surface area contributed by atoms with Crippen LogP contribution in [0.2, 0.25) is 0 Å². The Morgan fingerprint density at radius 1 is 1.40 bits per heavy atom. The molecule has 0 atom stereocenters. The summed E-state index contributed by atoms with van der Waals surface area (Å²) < 4.78 is 5.35. The Morgan fingerprint density at radius 2 is 2.13 bits per heavy atom. The lowest BCUT2D eigenvalue weighted by atomic mass is 10.1. The summed E-state index contributed by atoms with van der Waals surface area (Å²) in [5, 5.41) is 0. The zero-order valence-electron chi connectivity index (χ0n) is 8.95. The lowest BCUT2D eigenvalue weighted by molar-refractivity contribution is -0.133. The number of benzene rings is 1. The number of ether oxygens (including phenoxy) is 1. The van der Waals surface area contributed by atoms with Gasteiger partial charge in [-0.15, -0.1) is 0 Å². The van der Waals surface area contributed by atoms with Crippen LogP contribution in [0.3, 0.4) is 0 Å². The normalized spacial score (nSPS) is 9.73. The van der Waals surface area contributed by atoms with Crippen molar-refractivity contribution in [2.45, 2.75) is 13.3 Å². The molecule has 0 aliphatic heterocycles. The van der Waals surface area contributed by atoms with Crippen LogP contribution in [0.1, 0.15) is 12.5 Å². The molecule has 4 heteroatoms. The van der Waals surface area contributed by atoms with E-state index in [1.807, 2.05) is 31.2 Å². The average Bonchev–Trinajstić information content (AvgIpc) is 2.27. The zero-order valence-corrected chi connectivity index (χ0v) is 8.95. The number of carbonyl (C=O) groups excluding carboxylic acids is 1. The van der Waals surface area contributed by atoms with Crippen molar-refractivity contribution in [1.82, 2.24) is 5.48 Å². The third kappa shape index (κ3) is 3.59. The summed E-state index contributed by atoms with van der Waals surface area (Å²) in [7, 11) is 1.39. The minimum atomic E-state index is -0.302. The van der Waals surface area contributed by atoms with Gasteiger partial charge in [0, 0.05) is 0 Å². The molecule has 0 heterocycles. The number of hydroxylamine groups is 1. The Bertz CT molecular complexity index is 325. The van der Waals surface area contributed by atoms with E-state index in [0.29, 0.717) is 0 Å². The lowest BCUT2D eigenvalue weighted by Crippen LogP contribution is -2.27. The highest BCUT2D eigenvalue weighted by Crippen LogP contribution is 2.17. The maximum Gasteiger partial charge on any atom is 0.281 e. The molecule has 0 saturated heterocycles. The van der Waals surface area contributed by atoms with E-state index in [-0.39, 0.29) is 12.5 Å².